The number of carbonyl (C=O) groups is 1. The van der Waals surface area contributed by atoms with Crippen molar-refractivity contribution >= 4 is 17.7 Å². The molecule has 3 N–H and O–H groups in total. The standard InChI is InChI=1S/C13H18N2O2/c1-2-15(8-9-16)13(17)7-6-11-4-3-5-12(14)10-11/h3-7,10,16H,2,8-9,14H2,1H3/b7-6+. The molecule has 1 aromatic rings. The molecule has 0 saturated heterocycles. The number of aliphatic hydroxyl groups is 1. The summed E-state index contributed by atoms with van der Waals surface area (Å²) in [6, 6.07) is 7.31. The molecular weight excluding hydrogens is 216 g/mol. The molecule has 0 radical (unpaired) electrons. The Kier molecular flexibility index (Phi) is 5.23. The number of benzene rings is 1. The number of carbonyl (C=O) groups excluding carboxylic acids is 1. The number of aliphatic hydroxyl groups excluding tert-OH is 1. The fourth-order valence-electron chi connectivity index (χ4n) is 1.48. The summed E-state index contributed by atoms with van der Waals surface area (Å²) in [6.45, 7) is 2.80. The zero-order chi connectivity index (χ0) is 12.7. The van der Waals surface area contributed by atoms with Crippen LogP contribution in [-0.4, -0.2) is 35.6 Å². The maximum atomic E-state index is 11.7. The van der Waals surface area contributed by atoms with Crippen molar-refractivity contribution in [1.82, 2.24) is 4.90 Å². The highest BCUT2D eigenvalue weighted by molar-refractivity contribution is 5.91. The Balaban J connectivity index is 2.67. The van der Waals surface area contributed by atoms with E-state index in [2.05, 4.69) is 0 Å². The van der Waals surface area contributed by atoms with E-state index >= 15 is 0 Å². The molecule has 0 aliphatic carbocycles. The molecule has 1 rings (SSSR count). The third kappa shape index (κ3) is 4.28. The van der Waals surface area contributed by atoms with Gasteiger partial charge in [-0.1, -0.05) is 12.1 Å². The first-order valence-corrected chi connectivity index (χ1v) is 5.60. The third-order valence-corrected chi connectivity index (χ3v) is 2.39. The molecule has 0 fully saturated rings. The summed E-state index contributed by atoms with van der Waals surface area (Å²) in [4.78, 5) is 13.3. The Morgan fingerprint density at radius 1 is 1.53 bits per heavy atom. The Hall–Kier alpha value is -1.81. The number of hydrogen-bond donors (Lipinski definition) is 2. The Bertz CT molecular complexity index is 402. The van der Waals surface area contributed by atoms with Gasteiger partial charge in [0.2, 0.25) is 5.91 Å². The van der Waals surface area contributed by atoms with Crippen LogP contribution in [0.3, 0.4) is 0 Å². The van der Waals surface area contributed by atoms with Crippen LogP contribution in [0, 0.1) is 0 Å². The topological polar surface area (TPSA) is 66.6 Å². The van der Waals surface area contributed by atoms with Gasteiger partial charge >= 0.3 is 0 Å². The zero-order valence-corrected chi connectivity index (χ0v) is 9.97. The van der Waals surface area contributed by atoms with E-state index in [0.29, 0.717) is 18.8 Å². The number of nitrogens with two attached hydrogens (primary N) is 1. The van der Waals surface area contributed by atoms with Gasteiger partial charge in [0.1, 0.15) is 0 Å². The van der Waals surface area contributed by atoms with Crippen molar-refractivity contribution in [3.8, 4) is 0 Å². The summed E-state index contributed by atoms with van der Waals surface area (Å²) in [5, 5.41) is 8.80. The van der Waals surface area contributed by atoms with Crippen LogP contribution in [0.5, 0.6) is 0 Å². The molecule has 0 aliphatic heterocycles. The number of hydrogen-bond acceptors (Lipinski definition) is 3. The smallest absolute Gasteiger partial charge is 0.246 e. The highest BCUT2D eigenvalue weighted by Crippen LogP contribution is 2.08. The lowest BCUT2D eigenvalue weighted by atomic mass is 10.2. The van der Waals surface area contributed by atoms with E-state index in [4.69, 9.17) is 10.8 Å². The summed E-state index contributed by atoms with van der Waals surface area (Å²) < 4.78 is 0. The summed E-state index contributed by atoms with van der Waals surface area (Å²) in [5.41, 5.74) is 7.19. The van der Waals surface area contributed by atoms with Gasteiger partial charge in [-0.3, -0.25) is 4.79 Å². The van der Waals surface area contributed by atoms with Gasteiger partial charge in [0.15, 0.2) is 0 Å². The van der Waals surface area contributed by atoms with Crippen LogP contribution in [0.15, 0.2) is 30.3 Å². The fraction of sp³-hybridized carbons (Fsp3) is 0.308. The minimum atomic E-state index is -0.107. The van der Waals surface area contributed by atoms with Gasteiger partial charge in [-0.15, -0.1) is 0 Å². The lowest BCUT2D eigenvalue weighted by Gasteiger charge is -2.17. The molecule has 1 amide bonds. The van der Waals surface area contributed by atoms with Crippen LogP contribution >= 0.6 is 0 Å². The van der Waals surface area contributed by atoms with E-state index in [1.807, 2.05) is 19.1 Å². The van der Waals surface area contributed by atoms with E-state index in [1.54, 1.807) is 23.1 Å². The largest absolute Gasteiger partial charge is 0.399 e. The Labute approximate surface area is 101 Å². The minimum Gasteiger partial charge on any atom is -0.399 e. The summed E-state index contributed by atoms with van der Waals surface area (Å²) in [5.74, 6) is -0.107. The summed E-state index contributed by atoms with van der Waals surface area (Å²) in [6.07, 6.45) is 3.21. The molecule has 1 aromatic carbocycles. The summed E-state index contributed by atoms with van der Waals surface area (Å²) in [7, 11) is 0. The molecule has 0 spiro atoms. The molecule has 92 valence electrons. The normalized spacial score (nSPS) is 10.7. The molecule has 4 heteroatoms. The second-order valence-electron chi connectivity index (χ2n) is 3.64. The van der Waals surface area contributed by atoms with Crippen molar-refractivity contribution in [2.45, 2.75) is 6.92 Å². The molecule has 0 unspecified atom stereocenters. The lowest BCUT2D eigenvalue weighted by molar-refractivity contribution is -0.126. The average molecular weight is 234 g/mol. The number of rotatable bonds is 5. The van der Waals surface area contributed by atoms with Gasteiger partial charge in [0.25, 0.3) is 0 Å². The molecular formula is C13H18N2O2. The number of likely N-dealkylation sites (N-methyl/N-ethyl adjacent to an activating group) is 1. The van der Waals surface area contributed by atoms with Gasteiger partial charge in [0.05, 0.1) is 6.61 Å². The Morgan fingerprint density at radius 2 is 2.29 bits per heavy atom. The SMILES string of the molecule is CCN(CCO)C(=O)/C=C/c1cccc(N)c1. The molecule has 4 nitrogen and oxygen atoms in total. The third-order valence-electron chi connectivity index (χ3n) is 2.39. The second-order valence-corrected chi connectivity index (χ2v) is 3.64. The van der Waals surface area contributed by atoms with E-state index in [1.165, 1.54) is 6.08 Å². The van der Waals surface area contributed by atoms with Gasteiger partial charge in [-0.05, 0) is 30.7 Å². The van der Waals surface area contributed by atoms with Crippen LogP contribution in [0.2, 0.25) is 0 Å². The highest BCUT2D eigenvalue weighted by Gasteiger charge is 2.06. The predicted molar refractivity (Wildman–Crippen MR) is 69.2 cm³/mol. The van der Waals surface area contributed by atoms with Gasteiger partial charge in [-0.25, -0.2) is 0 Å². The second kappa shape index (κ2) is 6.70. The molecule has 0 heterocycles. The quantitative estimate of drug-likeness (QED) is 0.592. The maximum absolute atomic E-state index is 11.7. The van der Waals surface area contributed by atoms with Crippen molar-refractivity contribution in [2.75, 3.05) is 25.4 Å². The first-order valence-electron chi connectivity index (χ1n) is 5.60. The monoisotopic (exact) mass is 234 g/mol. The number of nitrogens with zero attached hydrogens (tertiary/aromatic N) is 1. The molecule has 0 bridgehead atoms. The van der Waals surface area contributed by atoms with E-state index < -0.39 is 0 Å². The van der Waals surface area contributed by atoms with Crippen molar-refractivity contribution in [1.29, 1.82) is 0 Å². The van der Waals surface area contributed by atoms with Crippen molar-refractivity contribution < 1.29 is 9.90 Å². The molecule has 17 heavy (non-hydrogen) atoms. The maximum Gasteiger partial charge on any atom is 0.246 e. The van der Waals surface area contributed by atoms with Crippen LogP contribution in [0.25, 0.3) is 6.08 Å². The van der Waals surface area contributed by atoms with Gasteiger partial charge in [0, 0.05) is 24.9 Å². The summed E-state index contributed by atoms with van der Waals surface area (Å²) >= 11 is 0. The zero-order valence-electron chi connectivity index (χ0n) is 9.97. The lowest BCUT2D eigenvalue weighted by Crippen LogP contribution is -2.31. The van der Waals surface area contributed by atoms with Crippen molar-refractivity contribution in [3.63, 3.8) is 0 Å². The minimum absolute atomic E-state index is 0.0221. The molecule has 0 saturated carbocycles. The first-order chi connectivity index (χ1) is 8.17. The number of amides is 1. The van der Waals surface area contributed by atoms with E-state index in [-0.39, 0.29) is 12.5 Å². The first kappa shape index (κ1) is 13.3. The van der Waals surface area contributed by atoms with Crippen LogP contribution in [0.1, 0.15) is 12.5 Å². The molecule has 0 aliphatic rings. The van der Waals surface area contributed by atoms with E-state index in [0.717, 1.165) is 5.56 Å². The highest BCUT2D eigenvalue weighted by atomic mass is 16.3. The van der Waals surface area contributed by atoms with Crippen molar-refractivity contribution in [2.24, 2.45) is 0 Å². The molecule has 0 aromatic heterocycles. The number of nitrogen functional groups attached to an aromatic ring is 1. The van der Waals surface area contributed by atoms with Crippen molar-refractivity contribution in [3.05, 3.63) is 35.9 Å². The average Bonchev–Trinajstić information content (AvgIpc) is 2.33. The van der Waals surface area contributed by atoms with Gasteiger partial charge in [-0.2, -0.15) is 0 Å². The fourth-order valence-corrected chi connectivity index (χ4v) is 1.48. The predicted octanol–water partition coefficient (Wildman–Crippen LogP) is 1.12. The van der Waals surface area contributed by atoms with E-state index in [9.17, 15) is 4.79 Å². The Morgan fingerprint density at radius 3 is 2.88 bits per heavy atom. The van der Waals surface area contributed by atoms with Crippen LogP contribution in [-0.2, 0) is 4.79 Å². The number of anilines is 1. The van der Waals surface area contributed by atoms with Gasteiger partial charge < -0.3 is 15.7 Å². The van der Waals surface area contributed by atoms with Crippen LogP contribution in [0.4, 0.5) is 5.69 Å². The van der Waals surface area contributed by atoms with Crippen LogP contribution < -0.4 is 5.73 Å². The molecule has 0 atom stereocenters.